The number of rotatable bonds is 6. The second-order valence-corrected chi connectivity index (χ2v) is 8.18. The lowest BCUT2D eigenvalue weighted by molar-refractivity contribution is 0.279. The van der Waals surface area contributed by atoms with E-state index in [0.29, 0.717) is 5.02 Å². The van der Waals surface area contributed by atoms with Gasteiger partial charge < -0.3 is 9.64 Å². The second-order valence-electron chi connectivity index (χ2n) is 7.75. The Labute approximate surface area is 160 Å². The summed E-state index contributed by atoms with van der Waals surface area (Å²) in [6, 6.07) is 8.36. The van der Waals surface area contributed by atoms with Gasteiger partial charge in [0.15, 0.2) is 0 Å². The molecule has 2 heterocycles. The highest BCUT2D eigenvalue weighted by atomic mass is 35.5. The first-order chi connectivity index (χ1) is 12.7. The lowest BCUT2D eigenvalue weighted by Crippen LogP contribution is -2.35. The third kappa shape index (κ3) is 4.47. The first-order valence-corrected chi connectivity index (χ1v) is 9.97. The molecule has 1 saturated carbocycles. The van der Waals surface area contributed by atoms with Gasteiger partial charge in [-0.3, -0.25) is 0 Å². The van der Waals surface area contributed by atoms with Gasteiger partial charge in [-0.25, -0.2) is 9.97 Å². The van der Waals surface area contributed by atoms with Crippen LogP contribution in [-0.2, 0) is 0 Å². The zero-order chi connectivity index (χ0) is 17.9. The summed E-state index contributed by atoms with van der Waals surface area (Å²) in [7, 11) is 0. The number of aromatic nitrogens is 2. The third-order valence-electron chi connectivity index (χ3n) is 5.69. The summed E-state index contributed by atoms with van der Waals surface area (Å²) >= 11 is 5.87. The average Bonchev–Trinajstić information content (AvgIpc) is 3.40. The number of piperidine rings is 1. The van der Waals surface area contributed by atoms with Crippen LogP contribution in [0.1, 0.15) is 31.2 Å². The molecule has 2 fully saturated rings. The van der Waals surface area contributed by atoms with Crippen molar-refractivity contribution in [1.29, 1.82) is 0 Å². The van der Waals surface area contributed by atoms with E-state index >= 15 is 0 Å². The highest BCUT2D eigenvalue weighted by Crippen LogP contribution is 2.45. The number of halogens is 1. The molecule has 1 saturated heterocycles. The smallest absolute Gasteiger partial charge is 0.225 e. The van der Waals surface area contributed by atoms with Crippen LogP contribution in [0, 0.1) is 24.7 Å². The molecule has 1 aliphatic carbocycles. The fourth-order valence-corrected chi connectivity index (χ4v) is 4.00. The molecule has 0 radical (unpaired) electrons. The van der Waals surface area contributed by atoms with Crippen LogP contribution in [0.15, 0.2) is 36.7 Å². The van der Waals surface area contributed by atoms with Gasteiger partial charge >= 0.3 is 0 Å². The molecule has 2 atom stereocenters. The van der Waals surface area contributed by atoms with Crippen molar-refractivity contribution in [1.82, 2.24) is 9.97 Å². The van der Waals surface area contributed by atoms with E-state index in [1.165, 1.54) is 31.2 Å². The second kappa shape index (κ2) is 7.83. The molecule has 0 unspecified atom stereocenters. The average molecular weight is 372 g/mol. The number of benzene rings is 1. The van der Waals surface area contributed by atoms with Crippen molar-refractivity contribution in [3.63, 3.8) is 0 Å². The van der Waals surface area contributed by atoms with E-state index in [9.17, 15) is 0 Å². The molecule has 0 spiro atoms. The van der Waals surface area contributed by atoms with Crippen molar-refractivity contribution < 1.29 is 4.74 Å². The van der Waals surface area contributed by atoms with Crippen LogP contribution >= 0.6 is 11.6 Å². The minimum atomic E-state index is 0.594. The molecule has 5 heteroatoms. The highest BCUT2D eigenvalue weighted by molar-refractivity contribution is 6.30. The van der Waals surface area contributed by atoms with E-state index in [2.05, 4.69) is 46.1 Å². The molecule has 4 rings (SSSR count). The van der Waals surface area contributed by atoms with Gasteiger partial charge in [0.25, 0.3) is 0 Å². The number of hydrogen-bond donors (Lipinski definition) is 0. The Hall–Kier alpha value is -1.81. The number of ether oxygens (including phenoxy) is 1. The van der Waals surface area contributed by atoms with Crippen LogP contribution in [0.25, 0.3) is 0 Å². The first kappa shape index (κ1) is 17.6. The summed E-state index contributed by atoms with van der Waals surface area (Å²) in [5.41, 5.74) is 1.27. The van der Waals surface area contributed by atoms with Crippen LogP contribution in [0.2, 0.25) is 5.02 Å². The standard InChI is InChI=1S/C21H26ClN3O/c1-15-2-4-20(5-3-15)26-14-18-11-17(18)10-16-6-8-25(9-7-16)21-23-12-19(22)13-24-21/h2-5,12-13,16-18H,6-11,14H2,1H3/t17-,18-/m0/s1. The van der Waals surface area contributed by atoms with Crippen molar-refractivity contribution in [3.8, 4) is 5.75 Å². The fourth-order valence-electron chi connectivity index (χ4n) is 3.91. The fraction of sp³-hybridized carbons (Fsp3) is 0.524. The Bertz CT molecular complexity index is 711. The van der Waals surface area contributed by atoms with Gasteiger partial charge in [0.1, 0.15) is 5.75 Å². The van der Waals surface area contributed by atoms with Gasteiger partial charge in [-0.05, 0) is 62.5 Å². The molecule has 2 aromatic rings. The Morgan fingerprint density at radius 1 is 1.08 bits per heavy atom. The van der Waals surface area contributed by atoms with E-state index in [1.54, 1.807) is 12.4 Å². The van der Waals surface area contributed by atoms with Crippen LogP contribution in [-0.4, -0.2) is 29.7 Å². The molecule has 138 valence electrons. The SMILES string of the molecule is Cc1ccc(OC[C@@H]2C[C@@H]2CC2CCN(c3ncc(Cl)cn3)CC2)cc1. The summed E-state index contributed by atoms with van der Waals surface area (Å²) in [6.45, 7) is 5.06. The summed E-state index contributed by atoms with van der Waals surface area (Å²) in [5.74, 6) is 4.23. The Kier molecular flexibility index (Phi) is 5.30. The first-order valence-electron chi connectivity index (χ1n) is 9.59. The summed E-state index contributed by atoms with van der Waals surface area (Å²) in [4.78, 5) is 10.9. The van der Waals surface area contributed by atoms with E-state index in [1.807, 2.05) is 0 Å². The number of hydrogen-bond acceptors (Lipinski definition) is 4. The largest absolute Gasteiger partial charge is 0.493 e. The van der Waals surface area contributed by atoms with Crippen molar-refractivity contribution in [2.24, 2.45) is 17.8 Å². The number of aryl methyl sites for hydroxylation is 1. The summed E-state index contributed by atoms with van der Waals surface area (Å²) < 4.78 is 5.95. The summed E-state index contributed by atoms with van der Waals surface area (Å²) in [6.07, 6.45) is 8.49. The number of nitrogens with zero attached hydrogens (tertiary/aromatic N) is 3. The zero-order valence-electron chi connectivity index (χ0n) is 15.3. The van der Waals surface area contributed by atoms with Crippen LogP contribution in [0.5, 0.6) is 5.75 Å². The summed E-state index contributed by atoms with van der Waals surface area (Å²) in [5, 5.41) is 0.594. The Morgan fingerprint density at radius 3 is 2.46 bits per heavy atom. The Balaban J connectivity index is 1.17. The van der Waals surface area contributed by atoms with Crippen molar-refractivity contribution in [2.75, 3.05) is 24.6 Å². The lowest BCUT2D eigenvalue weighted by atomic mass is 9.91. The minimum absolute atomic E-state index is 0.594. The van der Waals surface area contributed by atoms with Crippen LogP contribution < -0.4 is 9.64 Å². The quantitative estimate of drug-likeness (QED) is 0.733. The van der Waals surface area contributed by atoms with Crippen molar-refractivity contribution in [3.05, 3.63) is 47.2 Å². The van der Waals surface area contributed by atoms with Gasteiger partial charge in [-0.15, -0.1) is 0 Å². The molecule has 2 aliphatic rings. The molecular formula is C21H26ClN3O. The molecule has 1 aliphatic heterocycles. The predicted octanol–water partition coefficient (Wildman–Crippen LogP) is 4.76. The molecule has 0 bridgehead atoms. The number of anilines is 1. The highest BCUT2D eigenvalue weighted by Gasteiger charge is 2.39. The molecule has 4 nitrogen and oxygen atoms in total. The molecule has 1 aromatic heterocycles. The lowest BCUT2D eigenvalue weighted by Gasteiger charge is -2.32. The maximum Gasteiger partial charge on any atom is 0.225 e. The Morgan fingerprint density at radius 2 is 1.77 bits per heavy atom. The van der Waals surface area contributed by atoms with E-state index in [4.69, 9.17) is 16.3 Å². The van der Waals surface area contributed by atoms with E-state index in [-0.39, 0.29) is 0 Å². The minimum Gasteiger partial charge on any atom is -0.493 e. The maximum absolute atomic E-state index is 5.95. The van der Waals surface area contributed by atoms with Crippen LogP contribution in [0.4, 0.5) is 5.95 Å². The topological polar surface area (TPSA) is 38.2 Å². The normalized spacial score (nSPS) is 23.1. The van der Waals surface area contributed by atoms with E-state index < -0.39 is 0 Å². The van der Waals surface area contributed by atoms with Gasteiger partial charge in [-0.1, -0.05) is 29.3 Å². The predicted molar refractivity (Wildman–Crippen MR) is 105 cm³/mol. The molecule has 26 heavy (non-hydrogen) atoms. The molecule has 1 aromatic carbocycles. The van der Waals surface area contributed by atoms with E-state index in [0.717, 1.165) is 49.1 Å². The monoisotopic (exact) mass is 371 g/mol. The molecule has 0 amide bonds. The van der Waals surface area contributed by atoms with Gasteiger partial charge in [0, 0.05) is 13.1 Å². The van der Waals surface area contributed by atoms with Crippen LogP contribution in [0.3, 0.4) is 0 Å². The van der Waals surface area contributed by atoms with Crippen molar-refractivity contribution >= 4 is 17.5 Å². The maximum atomic E-state index is 5.95. The molecule has 0 N–H and O–H groups in total. The van der Waals surface area contributed by atoms with Gasteiger partial charge in [-0.2, -0.15) is 0 Å². The van der Waals surface area contributed by atoms with Crippen molar-refractivity contribution in [2.45, 2.75) is 32.6 Å². The van der Waals surface area contributed by atoms with Gasteiger partial charge in [0.2, 0.25) is 5.95 Å². The zero-order valence-corrected chi connectivity index (χ0v) is 16.0. The molecular weight excluding hydrogens is 346 g/mol. The third-order valence-corrected chi connectivity index (χ3v) is 5.89. The van der Waals surface area contributed by atoms with Gasteiger partial charge in [0.05, 0.1) is 24.0 Å².